The van der Waals surface area contributed by atoms with E-state index in [0.717, 1.165) is 11.3 Å². The molecule has 0 aliphatic heterocycles. The number of nitriles is 1. The molecule has 0 unspecified atom stereocenters. The molecule has 0 spiro atoms. The van der Waals surface area contributed by atoms with E-state index in [-0.39, 0.29) is 12.3 Å². The molecule has 4 heteroatoms. The topological polar surface area (TPSA) is 62.1 Å². The molecule has 0 fully saturated rings. The average Bonchev–Trinajstić information content (AvgIpc) is 2.48. The molecule has 0 heterocycles. The second-order valence-electron chi connectivity index (χ2n) is 4.62. The Bertz CT molecular complexity index is 657. The molecule has 0 radical (unpaired) electrons. The SMILES string of the molecule is Cc1ccccc1COc1ccc(NC(=O)CC#N)cc1. The number of anilines is 1. The molecule has 2 rings (SSSR count). The summed E-state index contributed by atoms with van der Waals surface area (Å²) in [7, 11) is 0. The highest BCUT2D eigenvalue weighted by atomic mass is 16.5. The van der Waals surface area contributed by atoms with Crippen LogP contribution >= 0.6 is 0 Å². The van der Waals surface area contributed by atoms with Gasteiger partial charge < -0.3 is 10.1 Å². The van der Waals surface area contributed by atoms with Crippen molar-refractivity contribution in [2.45, 2.75) is 20.0 Å². The number of aryl methyl sites for hydroxylation is 1. The minimum absolute atomic E-state index is 0.147. The summed E-state index contributed by atoms with van der Waals surface area (Å²) in [6.45, 7) is 2.55. The lowest BCUT2D eigenvalue weighted by molar-refractivity contribution is -0.115. The number of nitrogens with one attached hydrogen (secondary N) is 1. The van der Waals surface area contributed by atoms with Crippen LogP contribution < -0.4 is 10.1 Å². The fourth-order valence-electron chi connectivity index (χ4n) is 1.84. The molecule has 0 aliphatic rings. The van der Waals surface area contributed by atoms with Gasteiger partial charge in [-0.1, -0.05) is 24.3 Å². The van der Waals surface area contributed by atoms with Crippen LogP contribution in [0.2, 0.25) is 0 Å². The predicted molar refractivity (Wildman–Crippen MR) is 80.8 cm³/mol. The van der Waals surface area contributed by atoms with E-state index in [1.54, 1.807) is 30.3 Å². The molecule has 21 heavy (non-hydrogen) atoms. The molecule has 1 N–H and O–H groups in total. The van der Waals surface area contributed by atoms with Gasteiger partial charge in [-0.3, -0.25) is 4.79 Å². The zero-order chi connectivity index (χ0) is 15.1. The Kier molecular flexibility index (Phi) is 4.94. The van der Waals surface area contributed by atoms with Crippen molar-refractivity contribution in [3.8, 4) is 11.8 Å². The lowest BCUT2D eigenvalue weighted by atomic mass is 10.1. The number of carbonyl (C=O) groups excluding carboxylic acids is 1. The number of nitrogens with zero attached hydrogens (tertiary/aromatic N) is 1. The van der Waals surface area contributed by atoms with E-state index >= 15 is 0 Å². The molecule has 1 amide bonds. The molecule has 106 valence electrons. The molecule has 0 aliphatic carbocycles. The number of benzene rings is 2. The van der Waals surface area contributed by atoms with Crippen LogP contribution in [0.25, 0.3) is 0 Å². The van der Waals surface area contributed by atoms with Gasteiger partial charge in [-0.25, -0.2) is 0 Å². The number of hydrogen-bond acceptors (Lipinski definition) is 3. The van der Waals surface area contributed by atoms with Gasteiger partial charge in [0.15, 0.2) is 0 Å². The Morgan fingerprint density at radius 1 is 1.19 bits per heavy atom. The zero-order valence-electron chi connectivity index (χ0n) is 11.8. The first-order valence-corrected chi connectivity index (χ1v) is 6.63. The number of amides is 1. The molecule has 4 nitrogen and oxygen atoms in total. The van der Waals surface area contributed by atoms with E-state index in [2.05, 4.69) is 5.32 Å². The maximum atomic E-state index is 11.3. The van der Waals surface area contributed by atoms with Gasteiger partial charge >= 0.3 is 0 Å². The smallest absolute Gasteiger partial charge is 0.238 e. The molecule has 2 aromatic carbocycles. The highest BCUT2D eigenvalue weighted by Gasteiger charge is 2.02. The van der Waals surface area contributed by atoms with Crippen LogP contribution in [0.1, 0.15) is 17.5 Å². The van der Waals surface area contributed by atoms with Crippen molar-refractivity contribution in [1.82, 2.24) is 0 Å². The largest absolute Gasteiger partial charge is 0.489 e. The molecule has 0 bridgehead atoms. The van der Waals surface area contributed by atoms with Crippen LogP contribution in [-0.2, 0) is 11.4 Å². The summed E-state index contributed by atoms with van der Waals surface area (Å²) in [6, 6.07) is 17.0. The maximum absolute atomic E-state index is 11.3. The van der Waals surface area contributed by atoms with E-state index in [1.807, 2.05) is 31.2 Å². The first-order valence-electron chi connectivity index (χ1n) is 6.63. The normalized spacial score (nSPS) is 9.71. The van der Waals surface area contributed by atoms with Crippen molar-refractivity contribution in [2.24, 2.45) is 0 Å². The van der Waals surface area contributed by atoms with Gasteiger partial charge in [-0.2, -0.15) is 5.26 Å². The zero-order valence-corrected chi connectivity index (χ0v) is 11.8. The molecule has 0 saturated carbocycles. The second kappa shape index (κ2) is 7.11. The van der Waals surface area contributed by atoms with E-state index < -0.39 is 0 Å². The fraction of sp³-hybridized carbons (Fsp3) is 0.176. The highest BCUT2D eigenvalue weighted by molar-refractivity contribution is 5.92. The minimum Gasteiger partial charge on any atom is -0.489 e. The molecule has 0 aromatic heterocycles. The van der Waals surface area contributed by atoms with Gasteiger partial charge in [0.25, 0.3) is 0 Å². The molecular weight excluding hydrogens is 264 g/mol. The number of carbonyl (C=O) groups is 1. The van der Waals surface area contributed by atoms with Crippen LogP contribution in [0.4, 0.5) is 5.69 Å². The Labute approximate surface area is 124 Å². The predicted octanol–water partition coefficient (Wildman–Crippen LogP) is 3.43. The summed E-state index contributed by atoms with van der Waals surface area (Å²) in [4.78, 5) is 11.3. The van der Waals surface area contributed by atoms with Crippen molar-refractivity contribution in [3.63, 3.8) is 0 Å². The molecule has 0 saturated heterocycles. The average molecular weight is 280 g/mol. The third kappa shape index (κ3) is 4.36. The van der Waals surface area contributed by atoms with Gasteiger partial charge in [-0.05, 0) is 42.3 Å². The van der Waals surface area contributed by atoms with Crippen LogP contribution in [-0.4, -0.2) is 5.91 Å². The van der Waals surface area contributed by atoms with Gasteiger partial charge in [0.2, 0.25) is 5.91 Å². The van der Waals surface area contributed by atoms with Gasteiger partial charge in [0, 0.05) is 5.69 Å². The number of rotatable bonds is 5. The fourth-order valence-corrected chi connectivity index (χ4v) is 1.84. The van der Waals surface area contributed by atoms with Crippen molar-refractivity contribution < 1.29 is 9.53 Å². The first-order chi connectivity index (χ1) is 10.2. The summed E-state index contributed by atoms with van der Waals surface area (Å²) in [6.07, 6.45) is -0.147. The second-order valence-corrected chi connectivity index (χ2v) is 4.62. The highest BCUT2D eigenvalue weighted by Crippen LogP contribution is 2.18. The standard InChI is InChI=1S/C17H16N2O2/c1-13-4-2-3-5-14(13)12-21-16-8-6-15(7-9-16)19-17(20)10-11-18/h2-9H,10,12H2,1H3,(H,19,20). The van der Waals surface area contributed by atoms with Crippen LogP contribution in [0.5, 0.6) is 5.75 Å². The molecule has 2 aromatic rings. The monoisotopic (exact) mass is 280 g/mol. The van der Waals surface area contributed by atoms with E-state index in [0.29, 0.717) is 12.3 Å². The summed E-state index contributed by atoms with van der Waals surface area (Å²) in [5, 5.41) is 11.1. The lowest BCUT2D eigenvalue weighted by Gasteiger charge is -2.09. The van der Waals surface area contributed by atoms with Gasteiger partial charge in [0.1, 0.15) is 18.8 Å². The van der Waals surface area contributed by atoms with Crippen LogP contribution in [0, 0.1) is 18.3 Å². The molecule has 0 atom stereocenters. The van der Waals surface area contributed by atoms with Crippen molar-refractivity contribution in [2.75, 3.05) is 5.32 Å². The van der Waals surface area contributed by atoms with E-state index in [9.17, 15) is 4.79 Å². The third-order valence-corrected chi connectivity index (χ3v) is 3.03. The Hall–Kier alpha value is -2.80. The van der Waals surface area contributed by atoms with Crippen LogP contribution in [0.15, 0.2) is 48.5 Å². The summed E-state index contributed by atoms with van der Waals surface area (Å²) in [5.74, 6) is 0.419. The van der Waals surface area contributed by atoms with Crippen LogP contribution in [0.3, 0.4) is 0 Å². The van der Waals surface area contributed by atoms with Gasteiger partial charge in [0.05, 0.1) is 6.07 Å². The quantitative estimate of drug-likeness (QED) is 0.912. The maximum Gasteiger partial charge on any atom is 0.238 e. The van der Waals surface area contributed by atoms with Crippen molar-refractivity contribution in [1.29, 1.82) is 5.26 Å². The minimum atomic E-state index is -0.314. The van der Waals surface area contributed by atoms with Crippen molar-refractivity contribution in [3.05, 3.63) is 59.7 Å². The lowest BCUT2D eigenvalue weighted by Crippen LogP contribution is -2.09. The summed E-state index contributed by atoms with van der Waals surface area (Å²) < 4.78 is 5.72. The van der Waals surface area contributed by atoms with Gasteiger partial charge in [-0.15, -0.1) is 0 Å². The summed E-state index contributed by atoms with van der Waals surface area (Å²) in [5.41, 5.74) is 2.99. The Morgan fingerprint density at radius 3 is 2.57 bits per heavy atom. The first kappa shape index (κ1) is 14.6. The summed E-state index contributed by atoms with van der Waals surface area (Å²) >= 11 is 0. The van der Waals surface area contributed by atoms with E-state index in [4.69, 9.17) is 10.00 Å². The number of hydrogen-bond donors (Lipinski definition) is 1. The number of ether oxygens (including phenoxy) is 1. The van der Waals surface area contributed by atoms with E-state index in [1.165, 1.54) is 5.56 Å². The van der Waals surface area contributed by atoms with Crippen molar-refractivity contribution >= 4 is 11.6 Å². The molecular formula is C17H16N2O2. The third-order valence-electron chi connectivity index (χ3n) is 3.03. The Balaban J connectivity index is 1.92. The Morgan fingerprint density at radius 2 is 1.90 bits per heavy atom.